The molecule has 0 spiro atoms. The summed E-state index contributed by atoms with van der Waals surface area (Å²) in [5, 5.41) is 7.72. The summed E-state index contributed by atoms with van der Waals surface area (Å²) in [7, 11) is 0. The van der Waals surface area contributed by atoms with Gasteiger partial charge in [-0.1, -0.05) is 24.3 Å². The first-order valence-electron chi connectivity index (χ1n) is 9.23. The molecule has 2 atom stereocenters. The summed E-state index contributed by atoms with van der Waals surface area (Å²) in [6.07, 6.45) is 4.78. The number of hydrogen-bond acceptors (Lipinski definition) is 3. The molecule has 3 heterocycles. The van der Waals surface area contributed by atoms with Crippen molar-refractivity contribution < 1.29 is 0 Å². The number of benzene rings is 1. The second-order valence-corrected chi connectivity index (χ2v) is 6.98. The Labute approximate surface area is 164 Å². The molecule has 1 fully saturated rings. The number of thiocarbonyl (C=S) groups is 1. The number of rotatable bonds is 7. The number of para-hydroxylation sites is 1. The summed E-state index contributed by atoms with van der Waals surface area (Å²) in [6, 6.07) is 20.6. The maximum Gasteiger partial charge on any atom is 0.170 e. The molecule has 3 aromatic rings. The SMILES string of the molecule is S=C1N[C@@H](c2ccccn2)[C@H](c2ccc[nH]2)N1CCCNc1ccccc1. The number of aromatic nitrogens is 2. The van der Waals surface area contributed by atoms with Crippen LogP contribution in [0, 0.1) is 0 Å². The van der Waals surface area contributed by atoms with Crippen LogP contribution in [0.5, 0.6) is 0 Å². The van der Waals surface area contributed by atoms with Crippen molar-refractivity contribution in [1.29, 1.82) is 0 Å². The lowest BCUT2D eigenvalue weighted by molar-refractivity contribution is 0.311. The number of nitrogens with zero attached hydrogens (tertiary/aromatic N) is 2. The largest absolute Gasteiger partial charge is 0.385 e. The molecular weight excluding hydrogens is 354 g/mol. The molecule has 27 heavy (non-hydrogen) atoms. The van der Waals surface area contributed by atoms with Gasteiger partial charge in [0.2, 0.25) is 0 Å². The number of H-pyrrole nitrogens is 1. The van der Waals surface area contributed by atoms with Crippen LogP contribution in [0.15, 0.2) is 73.1 Å². The maximum atomic E-state index is 5.66. The highest BCUT2D eigenvalue weighted by atomic mass is 32.1. The minimum absolute atomic E-state index is 0.0411. The highest BCUT2D eigenvalue weighted by molar-refractivity contribution is 7.80. The Bertz CT molecular complexity index is 851. The van der Waals surface area contributed by atoms with E-state index < -0.39 is 0 Å². The van der Waals surface area contributed by atoms with Crippen molar-refractivity contribution in [2.75, 3.05) is 18.4 Å². The molecule has 1 aliphatic heterocycles. The Balaban J connectivity index is 1.46. The molecule has 4 rings (SSSR count). The van der Waals surface area contributed by atoms with Gasteiger partial charge in [-0.25, -0.2) is 0 Å². The zero-order valence-electron chi connectivity index (χ0n) is 15.0. The topological polar surface area (TPSA) is 56.0 Å². The molecule has 0 bridgehead atoms. The van der Waals surface area contributed by atoms with E-state index in [-0.39, 0.29) is 12.1 Å². The van der Waals surface area contributed by atoms with Crippen molar-refractivity contribution in [3.63, 3.8) is 0 Å². The summed E-state index contributed by atoms with van der Waals surface area (Å²) in [4.78, 5) is 10.2. The van der Waals surface area contributed by atoms with E-state index in [4.69, 9.17) is 12.2 Å². The van der Waals surface area contributed by atoms with Crippen LogP contribution < -0.4 is 10.6 Å². The van der Waals surface area contributed by atoms with Gasteiger partial charge in [0.15, 0.2) is 5.11 Å². The average molecular weight is 378 g/mol. The molecule has 0 saturated carbocycles. The smallest absolute Gasteiger partial charge is 0.170 e. The first-order valence-corrected chi connectivity index (χ1v) is 9.64. The lowest BCUT2D eigenvalue weighted by Gasteiger charge is -2.27. The molecule has 0 unspecified atom stereocenters. The van der Waals surface area contributed by atoms with Crippen molar-refractivity contribution in [1.82, 2.24) is 20.2 Å². The Kier molecular flexibility index (Phi) is 5.34. The van der Waals surface area contributed by atoms with Gasteiger partial charge in [-0.05, 0) is 55.0 Å². The molecule has 2 aromatic heterocycles. The third kappa shape index (κ3) is 3.95. The van der Waals surface area contributed by atoms with Gasteiger partial charge in [0.1, 0.15) is 0 Å². The second-order valence-electron chi connectivity index (χ2n) is 6.59. The van der Waals surface area contributed by atoms with Gasteiger partial charge in [-0.3, -0.25) is 4.98 Å². The Morgan fingerprint density at radius 2 is 1.89 bits per heavy atom. The quantitative estimate of drug-likeness (QED) is 0.431. The van der Waals surface area contributed by atoms with Crippen LogP contribution in [-0.4, -0.2) is 33.1 Å². The van der Waals surface area contributed by atoms with Gasteiger partial charge in [0, 0.05) is 36.9 Å². The van der Waals surface area contributed by atoms with E-state index in [1.165, 1.54) is 0 Å². The van der Waals surface area contributed by atoms with Crippen LogP contribution in [-0.2, 0) is 0 Å². The van der Waals surface area contributed by atoms with Gasteiger partial charge in [-0.2, -0.15) is 0 Å². The zero-order valence-corrected chi connectivity index (χ0v) is 15.8. The van der Waals surface area contributed by atoms with Crippen LogP contribution >= 0.6 is 12.2 Å². The minimum atomic E-state index is 0.0411. The first-order chi connectivity index (χ1) is 13.3. The molecule has 0 radical (unpaired) electrons. The van der Waals surface area contributed by atoms with Crippen molar-refractivity contribution >= 4 is 23.0 Å². The van der Waals surface area contributed by atoms with Crippen molar-refractivity contribution in [2.45, 2.75) is 18.5 Å². The maximum absolute atomic E-state index is 5.66. The number of aromatic amines is 1. The van der Waals surface area contributed by atoms with Gasteiger partial charge in [0.25, 0.3) is 0 Å². The summed E-state index contributed by atoms with van der Waals surface area (Å²) in [6.45, 7) is 1.77. The third-order valence-corrected chi connectivity index (χ3v) is 5.17. The monoisotopic (exact) mass is 377 g/mol. The van der Waals surface area contributed by atoms with Crippen LogP contribution in [0.1, 0.15) is 29.9 Å². The van der Waals surface area contributed by atoms with Gasteiger partial charge in [0.05, 0.1) is 17.8 Å². The normalized spacial score (nSPS) is 19.1. The highest BCUT2D eigenvalue weighted by Crippen LogP contribution is 2.37. The van der Waals surface area contributed by atoms with Crippen LogP contribution in [0.25, 0.3) is 0 Å². The van der Waals surface area contributed by atoms with Crippen LogP contribution in [0.4, 0.5) is 5.69 Å². The minimum Gasteiger partial charge on any atom is -0.385 e. The molecule has 3 N–H and O–H groups in total. The van der Waals surface area contributed by atoms with E-state index >= 15 is 0 Å². The molecule has 0 amide bonds. The molecule has 138 valence electrons. The van der Waals surface area contributed by atoms with Crippen LogP contribution in [0.2, 0.25) is 0 Å². The predicted molar refractivity (Wildman–Crippen MR) is 113 cm³/mol. The zero-order chi connectivity index (χ0) is 18.5. The number of hydrogen-bond donors (Lipinski definition) is 3. The summed E-state index contributed by atoms with van der Waals surface area (Å²) in [5.41, 5.74) is 3.30. The fourth-order valence-electron chi connectivity index (χ4n) is 3.55. The lowest BCUT2D eigenvalue weighted by Crippen LogP contribution is -2.31. The van der Waals surface area contributed by atoms with E-state index in [1.54, 1.807) is 0 Å². The van der Waals surface area contributed by atoms with Crippen molar-refractivity contribution in [3.8, 4) is 0 Å². The molecular formula is C21H23N5S. The standard InChI is InChI=1S/C21H23N5S/c27-21-25-19(17-10-4-5-12-23-17)20(18-11-6-13-24-18)26(21)15-7-14-22-16-8-2-1-3-9-16/h1-6,8-13,19-20,22,24H,7,14-15H2,(H,25,27)/t19-,20-/m0/s1. The molecule has 5 nitrogen and oxygen atoms in total. The fourth-order valence-corrected chi connectivity index (χ4v) is 3.88. The van der Waals surface area contributed by atoms with E-state index in [2.05, 4.69) is 49.8 Å². The van der Waals surface area contributed by atoms with Crippen molar-refractivity contribution in [3.05, 3.63) is 84.4 Å². The van der Waals surface area contributed by atoms with E-state index in [0.717, 1.165) is 41.7 Å². The molecule has 1 aliphatic rings. The van der Waals surface area contributed by atoms with Gasteiger partial charge in [-0.15, -0.1) is 0 Å². The van der Waals surface area contributed by atoms with Gasteiger partial charge < -0.3 is 20.5 Å². The molecule has 1 saturated heterocycles. The number of pyridine rings is 1. The van der Waals surface area contributed by atoms with Crippen molar-refractivity contribution in [2.24, 2.45) is 0 Å². The number of nitrogens with one attached hydrogen (secondary N) is 3. The Morgan fingerprint density at radius 1 is 1.04 bits per heavy atom. The Morgan fingerprint density at radius 3 is 2.63 bits per heavy atom. The highest BCUT2D eigenvalue weighted by Gasteiger charge is 2.39. The predicted octanol–water partition coefficient (Wildman–Crippen LogP) is 3.88. The summed E-state index contributed by atoms with van der Waals surface area (Å²) in [5.74, 6) is 0. The number of anilines is 1. The summed E-state index contributed by atoms with van der Waals surface area (Å²) >= 11 is 5.66. The fraction of sp³-hybridized carbons (Fsp3) is 0.238. The average Bonchev–Trinajstić information content (AvgIpc) is 3.35. The molecule has 1 aromatic carbocycles. The Hall–Kier alpha value is -2.86. The van der Waals surface area contributed by atoms with E-state index in [1.807, 2.05) is 48.8 Å². The summed E-state index contributed by atoms with van der Waals surface area (Å²) < 4.78 is 0. The third-order valence-electron chi connectivity index (χ3n) is 4.82. The van der Waals surface area contributed by atoms with Crippen LogP contribution in [0.3, 0.4) is 0 Å². The lowest BCUT2D eigenvalue weighted by atomic mass is 10.0. The molecule has 0 aliphatic carbocycles. The molecule has 6 heteroatoms. The first kappa shape index (κ1) is 17.5. The van der Waals surface area contributed by atoms with E-state index in [9.17, 15) is 0 Å². The van der Waals surface area contributed by atoms with E-state index in [0.29, 0.717) is 0 Å². The van der Waals surface area contributed by atoms with Gasteiger partial charge >= 0.3 is 0 Å². The second kappa shape index (κ2) is 8.22.